The van der Waals surface area contributed by atoms with E-state index in [1.807, 2.05) is 18.3 Å². The molecule has 6 rings (SSSR count). The first-order valence-electron chi connectivity index (χ1n) is 11.8. The van der Waals surface area contributed by atoms with Gasteiger partial charge >= 0.3 is 0 Å². The highest BCUT2D eigenvalue weighted by Crippen LogP contribution is 2.31. The van der Waals surface area contributed by atoms with Gasteiger partial charge in [0.2, 0.25) is 0 Å². The molecular weight excluding hydrogens is 433 g/mol. The van der Waals surface area contributed by atoms with Crippen molar-refractivity contribution in [3.05, 3.63) is 42.1 Å². The third-order valence-corrected chi connectivity index (χ3v) is 6.80. The molecule has 176 valence electrons. The van der Waals surface area contributed by atoms with Crippen LogP contribution in [0.15, 0.2) is 30.7 Å². The topological polar surface area (TPSA) is 92.9 Å². The highest BCUT2D eigenvalue weighted by molar-refractivity contribution is 5.88. The van der Waals surface area contributed by atoms with Gasteiger partial charge in [-0.05, 0) is 50.7 Å². The molecule has 0 radical (unpaired) electrons. The molecular formula is C24H28FN9. The molecule has 0 atom stereocenters. The van der Waals surface area contributed by atoms with Gasteiger partial charge in [0.25, 0.3) is 0 Å². The van der Waals surface area contributed by atoms with E-state index in [9.17, 15) is 0 Å². The zero-order chi connectivity index (χ0) is 23.1. The number of hydrogen-bond acceptors (Lipinski definition) is 7. The summed E-state index contributed by atoms with van der Waals surface area (Å²) in [5, 5.41) is 7.13. The number of likely N-dealkylation sites (tertiary alicyclic amines) is 1. The predicted molar refractivity (Wildman–Crippen MR) is 129 cm³/mol. The molecule has 4 aromatic heterocycles. The van der Waals surface area contributed by atoms with E-state index in [0.717, 1.165) is 68.2 Å². The number of nitrogens with zero attached hydrogens (tertiary/aromatic N) is 7. The second kappa shape index (κ2) is 8.77. The summed E-state index contributed by atoms with van der Waals surface area (Å²) in [7, 11) is 2.12. The summed E-state index contributed by atoms with van der Waals surface area (Å²) in [6.07, 6.45) is 7.73. The van der Waals surface area contributed by atoms with Crippen LogP contribution in [0.3, 0.4) is 0 Å². The molecule has 0 saturated carbocycles. The van der Waals surface area contributed by atoms with Crippen LogP contribution >= 0.6 is 0 Å². The van der Waals surface area contributed by atoms with Crippen molar-refractivity contribution in [3.8, 4) is 22.8 Å². The number of pyridine rings is 2. The Bertz CT molecular complexity index is 1300. The minimum absolute atomic E-state index is 0.237. The summed E-state index contributed by atoms with van der Waals surface area (Å²) in [6, 6.07) is 3.84. The summed E-state index contributed by atoms with van der Waals surface area (Å²) < 4.78 is 15.5. The Kier molecular flexibility index (Phi) is 5.46. The van der Waals surface area contributed by atoms with Gasteiger partial charge in [-0.25, -0.2) is 14.4 Å². The number of halogens is 1. The number of H-pyrrole nitrogens is 2. The molecule has 2 aliphatic heterocycles. The van der Waals surface area contributed by atoms with E-state index in [-0.39, 0.29) is 11.4 Å². The molecule has 0 unspecified atom stereocenters. The molecule has 4 aromatic rings. The monoisotopic (exact) mass is 461 g/mol. The van der Waals surface area contributed by atoms with Crippen molar-refractivity contribution >= 4 is 16.9 Å². The Morgan fingerprint density at radius 2 is 1.88 bits per heavy atom. The number of fused-ring (bicyclic) bond motifs is 1. The number of likely N-dealkylation sites (N-methyl/N-ethyl adjacent to an activating group) is 1. The lowest BCUT2D eigenvalue weighted by Crippen LogP contribution is -2.44. The summed E-state index contributed by atoms with van der Waals surface area (Å²) in [5.74, 6) is 0.802. The smallest absolute Gasteiger partial charge is 0.180 e. The fourth-order valence-electron chi connectivity index (χ4n) is 4.87. The number of piperazine rings is 1. The molecule has 6 heterocycles. The molecule has 0 bridgehead atoms. The van der Waals surface area contributed by atoms with Crippen molar-refractivity contribution in [1.29, 1.82) is 0 Å². The molecule has 2 saturated heterocycles. The highest BCUT2D eigenvalue weighted by atomic mass is 19.1. The summed E-state index contributed by atoms with van der Waals surface area (Å²) in [4.78, 5) is 23.8. The molecule has 0 amide bonds. The fourth-order valence-corrected chi connectivity index (χ4v) is 4.87. The quantitative estimate of drug-likeness (QED) is 0.472. The maximum atomic E-state index is 15.5. The van der Waals surface area contributed by atoms with Crippen LogP contribution in [0, 0.1) is 5.82 Å². The standard InChI is InChI=1S/C24H28FN9/c1-32-8-10-34(11-9-32)24-21-18(4-5-27-24)28-23(29-21)22-19(25)20(30-31-22)17-12-16(13-26-14-17)15-33-6-2-3-7-33/h4-5,12-14H,2-3,6-11,15H2,1H3,(H,28,29)(H,30,31). The zero-order valence-electron chi connectivity index (χ0n) is 19.3. The molecule has 34 heavy (non-hydrogen) atoms. The maximum absolute atomic E-state index is 15.5. The lowest BCUT2D eigenvalue weighted by atomic mass is 10.1. The molecule has 2 N–H and O–H groups in total. The summed E-state index contributed by atoms with van der Waals surface area (Å²) >= 11 is 0. The van der Waals surface area contributed by atoms with Gasteiger partial charge in [0.05, 0.1) is 5.52 Å². The molecule has 0 aromatic carbocycles. The third-order valence-electron chi connectivity index (χ3n) is 6.80. The van der Waals surface area contributed by atoms with Gasteiger partial charge in [-0.15, -0.1) is 0 Å². The minimum atomic E-state index is -0.437. The summed E-state index contributed by atoms with van der Waals surface area (Å²) in [6.45, 7) is 6.73. The van der Waals surface area contributed by atoms with Crippen LogP contribution in [0.4, 0.5) is 10.2 Å². The van der Waals surface area contributed by atoms with E-state index in [2.05, 4.69) is 46.9 Å². The van der Waals surface area contributed by atoms with Crippen molar-refractivity contribution in [1.82, 2.24) is 39.9 Å². The van der Waals surface area contributed by atoms with Gasteiger partial charge in [-0.1, -0.05) is 0 Å². The number of anilines is 1. The number of hydrogen-bond donors (Lipinski definition) is 2. The van der Waals surface area contributed by atoms with Crippen LogP contribution < -0.4 is 4.90 Å². The lowest BCUT2D eigenvalue weighted by molar-refractivity contribution is 0.312. The molecule has 2 aliphatic rings. The van der Waals surface area contributed by atoms with Gasteiger partial charge in [0.15, 0.2) is 17.5 Å². The van der Waals surface area contributed by atoms with Crippen LogP contribution in [0.5, 0.6) is 0 Å². The first kappa shape index (κ1) is 21.2. The van der Waals surface area contributed by atoms with E-state index in [1.165, 1.54) is 12.8 Å². The van der Waals surface area contributed by atoms with E-state index >= 15 is 4.39 Å². The number of imidazole rings is 1. The molecule has 2 fully saturated rings. The summed E-state index contributed by atoms with van der Waals surface area (Å²) in [5.41, 5.74) is 3.78. The molecule has 0 spiro atoms. The second-order valence-corrected chi connectivity index (χ2v) is 9.23. The molecule has 10 heteroatoms. The average molecular weight is 462 g/mol. The van der Waals surface area contributed by atoms with Crippen molar-refractivity contribution in [3.63, 3.8) is 0 Å². The first-order chi connectivity index (χ1) is 16.7. The Labute approximate surface area is 197 Å². The van der Waals surface area contributed by atoms with Crippen molar-refractivity contribution in [2.45, 2.75) is 19.4 Å². The van der Waals surface area contributed by atoms with E-state index in [0.29, 0.717) is 11.4 Å². The Balaban J connectivity index is 1.30. The number of nitrogens with one attached hydrogen (secondary N) is 2. The first-order valence-corrected chi connectivity index (χ1v) is 11.8. The average Bonchev–Trinajstić information content (AvgIpc) is 3.59. The molecule has 9 nitrogen and oxygen atoms in total. The fraction of sp³-hybridized carbons (Fsp3) is 0.417. The number of aromatic nitrogens is 6. The van der Waals surface area contributed by atoms with Crippen molar-refractivity contribution in [2.24, 2.45) is 0 Å². The van der Waals surface area contributed by atoms with Crippen LogP contribution in [0.25, 0.3) is 33.8 Å². The van der Waals surface area contributed by atoms with Gasteiger partial charge in [0, 0.05) is 56.9 Å². The van der Waals surface area contributed by atoms with Crippen molar-refractivity contribution in [2.75, 3.05) is 51.2 Å². The predicted octanol–water partition coefficient (Wildman–Crippen LogP) is 2.90. The van der Waals surface area contributed by atoms with Crippen LogP contribution in [-0.4, -0.2) is 86.2 Å². The minimum Gasteiger partial charge on any atom is -0.352 e. The van der Waals surface area contributed by atoms with Crippen LogP contribution in [-0.2, 0) is 6.54 Å². The SMILES string of the molecule is CN1CCN(c2nccc3[nH]c(-c4[nH]nc(-c5cncc(CN6CCCC6)c5)c4F)nc23)CC1. The van der Waals surface area contributed by atoms with Crippen molar-refractivity contribution < 1.29 is 4.39 Å². The van der Waals surface area contributed by atoms with Gasteiger partial charge in [0.1, 0.15) is 16.9 Å². The normalized spacial score (nSPS) is 17.8. The lowest BCUT2D eigenvalue weighted by Gasteiger charge is -2.33. The number of aromatic amines is 2. The van der Waals surface area contributed by atoms with E-state index in [4.69, 9.17) is 4.98 Å². The second-order valence-electron chi connectivity index (χ2n) is 9.23. The highest BCUT2D eigenvalue weighted by Gasteiger charge is 2.23. The van der Waals surface area contributed by atoms with E-state index in [1.54, 1.807) is 12.4 Å². The number of rotatable bonds is 5. The van der Waals surface area contributed by atoms with Gasteiger partial charge in [-0.2, -0.15) is 5.10 Å². The van der Waals surface area contributed by atoms with Gasteiger partial charge in [-0.3, -0.25) is 15.0 Å². The third kappa shape index (κ3) is 3.92. The molecule has 0 aliphatic carbocycles. The largest absolute Gasteiger partial charge is 0.352 e. The van der Waals surface area contributed by atoms with Gasteiger partial charge < -0.3 is 14.8 Å². The van der Waals surface area contributed by atoms with E-state index < -0.39 is 5.82 Å². The zero-order valence-corrected chi connectivity index (χ0v) is 19.3. The van der Waals surface area contributed by atoms with Crippen LogP contribution in [0.2, 0.25) is 0 Å². The Hall–Kier alpha value is -3.37. The maximum Gasteiger partial charge on any atom is 0.180 e. The van der Waals surface area contributed by atoms with Crippen LogP contribution in [0.1, 0.15) is 18.4 Å². The Morgan fingerprint density at radius 1 is 1.06 bits per heavy atom. The Morgan fingerprint density at radius 3 is 2.71 bits per heavy atom.